The van der Waals surface area contributed by atoms with Crippen LogP contribution in [0.5, 0.6) is 5.75 Å². The van der Waals surface area contributed by atoms with Crippen molar-refractivity contribution in [3.8, 4) is 5.75 Å². The predicted octanol–water partition coefficient (Wildman–Crippen LogP) is 1.19. The number of hydrogen-bond acceptors (Lipinski definition) is 4. The second-order valence-electron chi connectivity index (χ2n) is 4.42. The highest BCUT2D eigenvalue weighted by molar-refractivity contribution is 5.96. The fraction of sp³-hybridized carbons (Fsp3) is 0.429. The van der Waals surface area contributed by atoms with Crippen LogP contribution in [0.25, 0.3) is 0 Å². The van der Waals surface area contributed by atoms with E-state index < -0.39 is 12.1 Å². The van der Waals surface area contributed by atoms with Crippen LogP contribution in [-0.2, 0) is 4.79 Å². The van der Waals surface area contributed by atoms with Crippen molar-refractivity contribution in [1.82, 2.24) is 16.0 Å². The molecular weight excluding hydrogens is 258 g/mol. The summed E-state index contributed by atoms with van der Waals surface area (Å²) >= 11 is 0. The molecule has 3 amide bonds. The summed E-state index contributed by atoms with van der Waals surface area (Å²) in [6, 6.07) is 6.47. The van der Waals surface area contributed by atoms with E-state index in [1.807, 2.05) is 31.2 Å². The first kappa shape index (κ1) is 16.0. The molecule has 1 aromatic rings. The molecule has 2 atom stereocenters. The first-order chi connectivity index (χ1) is 9.49. The Balaban J connectivity index is 2.67. The molecule has 0 fully saturated rings. The van der Waals surface area contributed by atoms with E-state index in [1.165, 1.54) is 7.05 Å². The lowest BCUT2D eigenvalue weighted by molar-refractivity contribution is -0.121. The van der Waals surface area contributed by atoms with E-state index >= 15 is 0 Å². The quantitative estimate of drug-likeness (QED) is 0.756. The molecule has 0 heterocycles. The maximum Gasteiger partial charge on any atom is 0.321 e. The number of imide groups is 1. The molecule has 1 rings (SSSR count). The number of rotatable bonds is 5. The summed E-state index contributed by atoms with van der Waals surface area (Å²) in [5.74, 6) is 0.373. The zero-order valence-electron chi connectivity index (χ0n) is 12.2. The summed E-state index contributed by atoms with van der Waals surface area (Å²) in [4.78, 5) is 22.9. The van der Waals surface area contributed by atoms with Crippen LogP contribution in [0.3, 0.4) is 0 Å². The monoisotopic (exact) mass is 279 g/mol. The molecule has 3 N–H and O–H groups in total. The number of carbonyl (C=O) groups excluding carboxylic acids is 2. The van der Waals surface area contributed by atoms with Crippen LogP contribution in [0.15, 0.2) is 24.3 Å². The van der Waals surface area contributed by atoms with Gasteiger partial charge < -0.3 is 10.1 Å². The Kier molecular flexibility index (Phi) is 5.99. The lowest BCUT2D eigenvalue weighted by Crippen LogP contribution is -2.47. The molecule has 6 nitrogen and oxygen atoms in total. The van der Waals surface area contributed by atoms with Crippen molar-refractivity contribution in [3.05, 3.63) is 29.8 Å². The molecule has 110 valence electrons. The molecule has 0 aromatic heterocycles. The average molecular weight is 279 g/mol. The zero-order chi connectivity index (χ0) is 15.1. The summed E-state index contributed by atoms with van der Waals surface area (Å²) in [7, 11) is 3.06. The SMILES string of the molecule is CNC(=O)NC(=O)C(C)N[C@@H](C)c1ccccc1OC. The summed E-state index contributed by atoms with van der Waals surface area (Å²) in [5, 5.41) is 7.70. The third-order valence-corrected chi connectivity index (χ3v) is 2.96. The zero-order valence-corrected chi connectivity index (χ0v) is 12.2. The van der Waals surface area contributed by atoms with Gasteiger partial charge in [-0.2, -0.15) is 0 Å². The largest absolute Gasteiger partial charge is 0.496 e. The van der Waals surface area contributed by atoms with Gasteiger partial charge in [-0.1, -0.05) is 18.2 Å². The van der Waals surface area contributed by atoms with Gasteiger partial charge >= 0.3 is 6.03 Å². The van der Waals surface area contributed by atoms with E-state index in [0.717, 1.165) is 11.3 Å². The van der Waals surface area contributed by atoms with E-state index in [0.29, 0.717) is 0 Å². The summed E-state index contributed by atoms with van der Waals surface area (Å²) in [6.45, 7) is 3.63. The number of carbonyl (C=O) groups is 2. The minimum absolute atomic E-state index is 0.0865. The molecule has 0 bridgehead atoms. The van der Waals surface area contributed by atoms with Crippen molar-refractivity contribution in [1.29, 1.82) is 0 Å². The van der Waals surface area contributed by atoms with Gasteiger partial charge in [0.1, 0.15) is 5.75 Å². The number of ether oxygens (including phenoxy) is 1. The Morgan fingerprint density at radius 2 is 1.85 bits per heavy atom. The Morgan fingerprint density at radius 1 is 1.20 bits per heavy atom. The smallest absolute Gasteiger partial charge is 0.321 e. The highest BCUT2D eigenvalue weighted by atomic mass is 16.5. The Morgan fingerprint density at radius 3 is 2.45 bits per heavy atom. The molecule has 1 aromatic carbocycles. The molecule has 20 heavy (non-hydrogen) atoms. The van der Waals surface area contributed by atoms with Gasteiger partial charge in [-0.25, -0.2) is 4.79 Å². The average Bonchev–Trinajstić information content (AvgIpc) is 2.46. The molecule has 0 aliphatic heterocycles. The van der Waals surface area contributed by atoms with Crippen molar-refractivity contribution in [2.45, 2.75) is 25.9 Å². The third-order valence-electron chi connectivity index (χ3n) is 2.96. The normalized spacial score (nSPS) is 13.2. The molecule has 0 aliphatic rings. The second-order valence-corrected chi connectivity index (χ2v) is 4.42. The van der Waals surface area contributed by atoms with Crippen molar-refractivity contribution < 1.29 is 14.3 Å². The molecule has 1 unspecified atom stereocenters. The minimum atomic E-state index is -0.520. The van der Waals surface area contributed by atoms with Gasteiger partial charge in [-0.15, -0.1) is 0 Å². The molecule has 6 heteroatoms. The molecule has 0 aliphatic carbocycles. The number of urea groups is 1. The topological polar surface area (TPSA) is 79.5 Å². The number of methoxy groups -OCH3 is 1. The van der Waals surface area contributed by atoms with Crippen LogP contribution in [0.2, 0.25) is 0 Å². The van der Waals surface area contributed by atoms with E-state index in [4.69, 9.17) is 4.74 Å². The number of benzene rings is 1. The fourth-order valence-electron chi connectivity index (χ4n) is 1.85. The van der Waals surface area contributed by atoms with E-state index in [-0.39, 0.29) is 11.9 Å². The highest BCUT2D eigenvalue weighted by Gasteiger charge is 2.19. The Labute approximate surface area is 118 Å². The molecule has 0 spiro atoms. The van der Waals surface area contributed by atoms with Crippen LogP contribution in [0.4, 0.5) is 4.79 Å². The lowest BCUT2D eigenvalue weighted by Gasteiger charge is -2.21. The number of para-hydroxylation sites is 1. The van der Waals surface area contributed by atoms with Gasteiger partial charge in [0.05, 0.1) is 13.2 Å². The van der Waals surface area contributed by atoms with Crippen LogP contribution in [0, 0.1) is 0 Å². The number of nitrogens with one attached hydrogen (secondary N) is 3. The summed E-state index contributed by atoms with van der Waals surface area (Å²) in [6.07, 6.45) is 0. The fourth-order valence-corrected chi connectivity index (χ4v) is 1.85. The van der Waals surface area contributed by atoms with Crippen LogP contribution >= 0.6 is 0 Å². The Bertz CT molecular complexity index is 476. The highest BCUT2D eigenvalue weighted by Crippen LogP contribution is 2.24. The molecule has 0 saturated carbocycles. The maximum atomic E-state index is 11.8. The van der Waals surface area contributed by atoms with Crippen LogP contribution in [0.1, 0.15) is 25.5 Å². The van der Waals surface area contributed by atoms with E-state index in [1.54, 1.807) is 14.0 Å². The van der Waals surface area contributed by atoms with Crippen LogP contribution in [-0.4, -0.2) is 32.1 Å². The van der Waals surface area contributed by atoms with Crippen molar-refractivity contribution in [2.75, 3.05) is 14.2 Å². The van der Waals surface area contributed by atoms with Gasteiger partial charge in [-0.05, 0) is 19.9 Å². The Hall–Kier alpha value is -2.08. The standard InChI is InChI=1S/C14H21N3O3/c1-9(11-7-5-6-8-12(11)20-4)16-10(2)13(18)17-14(19)15-3/h5-10,16H,1-4H3,(H2,15,17,18,19)/t9-,10?/m0/s1. The first-order valence-electron chi connectivity index (χ1n) is 6.41. The summed E-state index contributed by atoms with van der Waals surface area (Å²) < 4.78 is 5.29. The van der Waals surface area contributed by atoms with E-state index in [2.05, 4.69) is 16.0 Å². The van der Waals surface area contributed by atoms with Crippen LogP contribution < -0.4 is 20.7 Å². The van der Waals surface area contributed by atoms with Crippen molar-refractivity contribution in [3.63, 3.8) is 0 Å². The van der Waals surface area contributed by atoms with Gasteiger partial charge in [0.2, 0.25) is 5.91 Å². The minimum Gasteiger partial charge on any atom is -0.496 e. The van der Waals surface area contributed by atoms with Gasteiger partial charge in [0, 0.05) is 18.7 Å². The van der Waals surface area contributed by atoms with Gasteiger partial charge in [0.25, 0.3) is 0 Å². The summed E-state index contributed by atoms with van der Waals surface area (Å²) in [5.41, 5.74) is 0.953. The third kappa shape index (κ3) is 4.24. The first-order valence-corrected chi connectivity index (χ1v) is 6.41. The number of hydrogen-bond donors (Lipinski definition) is 3. The second kappa shape index (κ2) is 7.49. The molecular formula is C14H21N3O3. The van der Waals surface area contributed by atoms with Crippen molar-refractivity contribution in [2.24, 2.45) is 0 Å². The van der Waals surface area contributed by atoms with E-state index in [9.17, 15) is 9.59 Å². The molecule has 0 saturated heterocycles. The van der Waals surface area contributed by atoms with Gasteiger partial charge in [-0.3, -0.25) is 15.4 Å². The predicted molar refractivity (Wildman–Crippen MR) is 76.6 cm³/mol. The number of amides is 3. The molecule has 0 radical (unpaired) electrons. The lowest BCUT2D eigenvalue weighted by atomic mass is 10.1. The van der Waals surface area contributed by atoms with Crippen molar-refractivity contribution >= 4 is 11.9 Å². The maximum absolute atomic E-state index is 11.8. The van der Waals surface area contributed by atoms with Gasteiger partial charge in [0.15, 0.2) is 0 Å².